The molecule has 0 aromatic carbocycles. The van der Waals surface area contributed by atoms with E-state index in [1.54, 1.807) is 0 Å². The van der Waals surface area contributed by atoms with Gasteiger partial charge in [-0.1, -0.05) is 6.92 Å². The minimum absolute atomic E-state index is 0.0258. The molecule has 0 saturated heterocycles. The van der Waals surface area contributed by atoms with Gasteiger partial charge in [0.2, 0.25) is 5.95 Å². The van der Waals surface area contributed by atoms with E-state index in [0.717, 1.165) is 18.7 Å². The topological polar surface area (TPSA) is 75.7 Å². The summed E-state index contributed by atoms with van der Waals surface area (Å²) in [7, 11) is 0. The van der Waals surface area contributed by atoms with E-state index in [0.29, 0.717) is 17.8 Å². The predicted octanol–water partition coefficient (Wildman–Crippen LogP) is 2.48. The molecule has 0 radical (unpaired) electrons. The van der Waals surface area contributed by atoms with E-state index in [-0.39, 0.29) is 6.10 Å². The SMILES string of the molecule is CCCNc1nc(OC(C)C)nc(-c2ccc[nH]2)n1. The van der Waals surface area contributed by atoms with Crippen LogP contribution in [-0.4, -0.2) is 32.6 Å². The lowest BCUT2D eigenvalue weighted by atomic mass is 10.4. The Labute approximate surface area is 112 Å². The highest BCUT2D eigenvalue weighted by molar-refractivity contribution is 5.51. The van der Waals surface area contributed by atoms with Gasteiger partial charge >= 0.3 is 6.01 Å². The minimum Gasteiger partial charge on any atom is -0.461 e. The number of hydrogen-bond donors (Lipinski definition) is 2. The molecule has 2 N–H and O–H groups in total. The van der Waals surface area contributed by atoms with Crippen molar-refractivity contribution in [2.75, 3.05) is 11.9 Å². The first-order chi connectivity index (χ1) is 9.19. The van der Waals surface area contributed by atoms with E-state index < -0.39 is 0 Å². The van der Waals surface area contributed by atoms with E-state index >= 15 is 0 Å². The summed E-state index contributed by atoms with van der Waals surface area (Å²) in [5.41, 5.74) is 0.843. The molecular weight excluding hydrogens is 242 g/mol. The van der Waals surface area contributed by atoms with E-state index in [4.69, 9.17) is 4.74 Å². The zero-order valence-electron chi connectivity index (χ0n) is 11.5. The fourth-order valence-corrected chi connectivity index (χ4v) is 1.53. The first-order valence-corrected chi connectivity index (χ1v) is 6.49. The highest BCUT2D eigenvalue weighted by Crippen LogP contribution is 2.17. The minimum atomic E-state index is 0.0258. The quantitative estimate of drug-likeness (QED) is 0.835. The summed E-state index contributed by atoms with van der Waals surface area (Å²) in [5, 5.41) is 3.15. The molecule has 0 aliphatic carbocycles. The number of anilines is 1. The molecule has 0 aliphatic rings. The number of aromatic amines is 1. The Morgan fingerprint density at radius 1 is 1.32 bits per heavy atom. The van der Waals surface area contributed by atoms with Crippen LogP contribution in [-0.2, 0) is 0 Å². The van der Waals surface area contributed by atoms with Crippen LogP contribution in [0.2, 0.25) is 0 Å². The second kappa shape index (κ2) is 6.17. The summed E-state index contributed by atoms with van der Waals surface area (Å²) < 4.78 is 5.56. The highest BCUT2D eigenvalue weighted by atomic mass is 16.5. The summed E-state index contributed by atoms with van der Waals surface area (Å²) in [4.78, 5) is 16.0. The van der Waals surface area contributed by atoms with Crippen LogP contribution in [0.25, 0.3) is 11.5 Å². The number of hydrogen-bond acceptors (Lipinski definition) is 5. The van der Waals surface area contributed by atoms with Crippen molar-refractivity contribution in [2.45, 2.75) is 33.3 Å². The maximum Gasteiger partial charge on any atom is 0.322 e. The lowest BCUT2D eigenvalue weighted by Crippen LogP contribution is -2.12. The summed E-state index contributed by atoms with van der Waals surface area (Å²) in [6, 6.07) is 4.16. The number of nitrogens with one attached hydrogen (secondary N) is 2. The number of aromatic nitrogens is 4. The van der Waals surface area contributed by atoms with Gasteiger partial charge in [-0.15, -0.1) is 0 Å². The van der Waals surface area contributed by atoms with Crippen molar-refractivity contribution < 1.29 is 4.74 Å². The maximum atomic E-state index is 5.56. The van der Waals surface area contributed by atoms with Crippen molar-refractivity contribution in [3.63, 3.8) is 0 Å². The summed E-state index contributed by atoms with van der Waals surface area (Å²) in [6.45, 7) is 6.79. The van der Waals surface area contributed by atoms with Gasteiger partial charge in [-0.3, -0.25) is 0 Å². The van der Waals surface area contributed by atoms with E-state index in [1.165, 1.54) is 0 Å². The van der Waals surface area contributed by atoms with Crippen molar-refractivity contribution in [2.24, 2.45) is 0 Å². The van der Waals surface area contributed by atoms with Crippen LogP contribution in [0.4, 0.5) is 5.95 Å². The Bertz CT molecular complexity index is 510. The van der Waals surface area contributed by atoms with Gasteiger partial charge in [0.15, 0.2) is 5.82 Å². The van der Waals surface area contributed by atoms with Gasteiger partial charge in [0, 0.05) is 12.7 Å². The molecule has 0 unspecified atom stereocenters. The molecule has 6 heteroatoms. The molecule has 2 aromatic rings. The van der Waals surface area contributed by atoms with Gasteiger partial charge in [0.05, 0.1) is 11.8 Å². The van der Waals surface area contributed by atoms with Crippen LogP contribution < -0.4 is 10.1 Å². The third-order valence-corrected chi connectivity index (χ3v) is 2.33. The molecule has 19 heavy (non-hydrogen) atoms. The largest absolute Gasteiger partial charge is 0.461 e. The lowest BCUT2D eigenvalue weighted by Gasteiger charge is -2.10. The van der Waals surface area contributed by atoms with Crippen molar-refractivity contribution in [3.05, 3.63) is 18.3 Å². The van der Waals surface area contributed by atoms with Gasteiger partial charge in [-0.05, 0) is 32.4 Å². The van der Waals surface area contributed by atoms with Crippen LogP contribution in [0.5, 0.6) is 6.01 Å². The Kier molecular flexibility index (Phi) is 4.33. The fraction of sp³-hybridized carbons (Fsp3) is 0.462. The smallest absolute Gasteiger partial charge is 0.322 e. The maximum absolute atomic E-state index is 5.56. The predicted molar refractivity (Wildman–Crippen MR) is 74.2 cm³/mol. The average Bonchev–Trinajstić information content (AvgIpc) is 2.89. The zero-order chi connectivity index (χ0) is 13.7. The third kappa shape index (κ3) is 3.67. The van der Waals surface area contributed by atoms with Gasteiger partial charge < -0.3 is 15.0 Å². The number of rotatable bonds is 6. The Morgan fingerprint density at radius 3 is 2.79 bits per heavy atom. The Balaban J connectivity index is 2.31. The summed E-state index contributed by atoms with van der Waals surface area (Å²) in [6.07, 6.45) is 2.86. The van der Waals surface area contributed by atoms with Gasteiger partial charge in [-0.25, -0.2) is 0 Å². The number of nitrogens with zero attached hydrogens (tertiary/aromatic N) is 3. The molecule has 0 saturated carbocycles. The van der Waals surface area contributed by atoms with E-state index in [1.807, 2.05) is 32.2 Å². The average molecular weight is 261 g/mol. The normalized spacial score (nSPS) is 10.7. The molecule has 0 bridgehead atoms. The molecule has 2 aromatic heterocycles. The Hall–Kier alpha value is -2.11. The monoisotopic (exact) mass is 261 g/mol. The molecule has 0 spiro atoms. The van der Waals surface area contributed by atoms with Crippen LogP contribution in [0.15, 0.2) is 18.3 Å². The molecule has 0 fully saturated rings. The zero-order valence-corrected chi connectivity index (χ0v) is 11.5. The van der Waals surface area contributed by atoms with Crippen LogP contribution in [0, 0.1) is 0 Å². The molecule has 2 heterocycles. The van der Waals surface area contributed by atoms with Crippen LogP contribution in [0.1, 0.15) is 27.2 Å². The third-order valence-electron chi connectivity index (χ3n) is 2.33. The molecule has 6 nitrogen and oxygen atoms in total. The number of H-pyrrole nitrogens is 1. The van der Waals surface area contributed by atoms with Gasteiger partial charge in [0.1, 0.15) is 0 Å². The van der Waals surface area contributed by atoms with Gasteiger partial charge in [-0.2, -0.15) is 15.0 Å². The first kappa shape index (κ1) is 13.3. The summed E-state index contributed by atoms with van der Waals surface area (Å²) >= 11 is 0. The second-order valence-corrected chi connectivity index (χ2v) is 4.44. The van der Waals surface area contributed by atoms with E-state index in [9.17, 15) is 0 Å². The van der Waals surface area contributed by atoms with E-state index in [2.05, 4.69) is 32.2 Å². The first-order valence-electron chi connectivity index (χ1n) is 6.49. The van der Waals surface area contributed by atoms with Crippen LogP contribution in [0.3, 0.4) is 0 Å². The van der Waals surface area contributed by atoms with Crippen LogP contribution >= 0.6 is 0 Å². The van der Waals surface area contributed by atoms with Crippen molar-refractivity contribution >= 4 is 5.95 Å². The van der Waals surface area contributed by atoms with Gasteiger partial charge in [0.25, 0.3) is 0 Å². The molecule has 0 aliphatic heterocycles. The van der Waals surface area contributed by atoms with Crippen molar-refractivity contribution in [1.29, 1.82) is 0 Å². The standard InChI is InChI=1S/C13H19N5O/c1-4-7-15-12-16-11(10-6-5-8-14-10)17-13(18-12)19-9(2)3/h5-6,8-9,14H,4,7H2,1-3H3,(H,15,16,17,18). The molecule has 102 valence electrons. The summed E-state index contributed by atoms with van der Waals surface area (Å²) in [5.74, 6) is 1.12. The number of ether oxygens (including phenoxy) is 1. The molecular formula is C13H19N5O. The van der Waals surface area contributed by atoms with Crippen molar-refractivity contribution in [3.8, 4) is 17.5 Å². The molecule has 2 rings (SSSR count). The Morgan fingerprint density at radius 2 is 2.16 bits per heavy atom. The fourth-order valence-electron chi connectivity index (χ4n) is 1.53. The van der Waals surface area contributed by atoms with Crippen molar-refractivity contribution in [1.82, 2.24) is 19.9 Å². The highest BCUT2D eigenvalue weighted by Gasteiger charge is 2.10. The lowest BCUT2D eigenvalue weighted by molar-refractivity contribution is 0.222. The molecule has 0 atom stereocenters. The molecule has 0 amide bonds. The second-order valence-electron chi connectivity index (χ2n) is 4.44.